The molecule has 0 aliphatic rings. The molecule has 0 nitrogen and oxygen atoms in total. The van der Waals surface area contributed by atoms with E-state index in [1.54, 1.807) is 0 Å². The fourth-order valence-corrected chi connectivity index (χ4v) is 0.534. The van der Waals surface area contributed by atoms with Crippen LogP contribution in [0.3, 0.4) is 0 Å². The van der Waals surface area contributed by atoms with E-state index >= 15 is 0 Å². The Bertz CT molecular complexity index is 139. The predicted molar refractivity (Wildman–Crippen MR) is 46.3 cm³/mol. The minimum Gasteiger partial charge on any atom is -0.171 e. The van der Waals surface area contributed by atoms with Crippen molar-refractivity contribution in [2.75, 3.05) is 0 Å². The van der Waals surface area contributed by atoms with Crippen molar-refractivity contribution < 1.29 is 2.86 Å². The summed E-state index contributed by atoms with van der Waals surface area (Å²) in [5, 5.41) is 0. The van der Waals surface area contributed by atoms with Crippen molar-refractivity contribution >= 4 is 23.2 Å². The van der Waals surface area contributed by atoms with E-state index in [4.69, 9.17) is 0 Å². The van der Waals surface area contributed by atoms with E-state index in [-0.39, 0.29) is 0 Å². The van der Waals surface area contributed by atoms with Crippen molar-refractivity contribution in [1.29, 1.82) is 0 Å². The van der Waals surface area contributed by atoms with E-state index in [1.807, 2.05) is 18.2 Å². The van der Waals surface area contributed by atoms with Crippen molar-refractivity contribution in [1.82, 2.24) is 0 Å². The van der Waals surface area contributed by atoms with E-state index in [2.05, 4.69) is 19.1 Å². The second-order valence-corrected chi connectivity index (χ2v) is 1.65. The van der Waals surface area contributed by atoms with Gasteiger partial charge in [-0.3, -0.25) is 0 Å². The van der Waals surface area contributed by atoms with Crippen molar-refractivity contribution in [2.24, 2.45) is 0 Å². The molecule has 0 fully saturated rings. The zero-order valence-corrected chi connectivity index (χ0v) is 7.30. The van der Waals surface area contributed by atoms with Gasteiger partial charge in [0, 0.05) is 0 Å². The molecule has 0 unspecified atom stereocenters. The number of halogens is 2. The minimum absolute atomic E-state index is 0.650. The maximum Gasteiger partial charge on any atom is 0.171 e. The Morgan fingerprint density at radius 3 is 1.78 bits per heavy atom. The summed E-state index contributed by atoms with van der Waals surface area (Å²) in [5.41, 5.74) is 1.32. The quantitative estimate of drug-likeness (QED) is 0.608. The van der Waals surface area contributed by atoms with Crippen LogP contribution in [0.1, 0.15) is 5.56 Å². The lowest BCUT2D eigenvalue weighted by Crippen LogP contribution is -1.62. The molecule has 0 bridgehead atoms. The number of benzene rings is 1. The Morgan fingerprint density at radius 2 is 1.56 bits per heavy atom. The highest BCUT2D eigenvalue weighted by Gasteiger charge is 1.72. The Labute approximate surface area is 69.0 Å². The van der Waals surface area contributed by atoms with Gasteiger partial charge in [-0.25, -0.2) is 0 Å². The zero-order chi connectivity index (χ0) is 7.11. The van der Waals surface area contributed by atoms with E-state index in [0.29, 0.717) is 23.2 Å². The lowest BCUT2D eigenvalue weighted by atomic mass is 10.2. The van der Waals surface area contributed by atoms with Crippen LogP contribution in [0.25, 0.3) is 0 Å². The summed E-state index contributed by atoms with van der Waals surface area (Å²) in [7, 11) is 0. The summed E-state index contributed by atoms with van der Waals surface area (Å²) in [6, 6.07) is 10.3. The Morgan fingerprint density at radius 1 is 1.11 bits per heavy atom. The highest BCUT2D eigenvalue weighted by molar-refractivity contribution is 14.1. The third-order valence-electron chi connectivity index (χ3n) is 0.940. The Balaban J connectivity index is 0.000000291. The molecule has 1 aromatic rings. The predicted octanol–water partition coefficient (Wildman–Crippen LogP) is 3.30. The normalized spacial score (nSPS) is 7.44. The largest absolute Gasteiger partial charge is 0.171 e. The molecule has 2 heteroatoms. The molecule has 0 radical (unpaired) electrons. The van der Waals surface area contributed by atoms with Gasteiger partial charge in [-0.05, 0) is 6.92 Å². The van der Waals surface area contributed by atoms with Crippen LogP contribution in [0.4, 0.5) is 2.86 Å². The van der Waals surface area contributed by atoms with Gasteiger partial charge in [0.05, 0.1) is 0 Å². The van der Waals surface area contributed by atoms with Gasteiger partial charge in [0.1, 0.15) is 0 Å². The first-order chi connectivity index (χ1) is 4.39. The molecule has 0 spiro atoms. The Hall–Kier alpha value is -0.120. The van der Waals surface area contributed by atoms with Crippen LogP contribution in [0, 0.1) is 6.92 Å². The topological polar surface area (TPSA) is 0 Å². The summed E-state index contributed by atoms with van der Waals surface area (Å²) in [6.07, 6.45) is 0. The molecule has 0 heterocycles. The van der Waals surface area contributed by atoms with Gasteiger partial charge in [-0.1, -0.05) is 35.9 Å². The van der Waals surface area contributed by atoms with E-state index < -0.39 is 0 Å². The van der Waals surface area contributed by atoms with Crippen LogP contribution >= 0.6 is 23.2 Å². The summed E-state index contributed by atoms with van der Waals surface area (Å²) in [4.78, 5) is 0. The van der Waals surface area contributed by atoms with E-state index in [1.165, 1.54) is 5.56 Å². The number of hydrogen-bond donors (Lipinski definition) is 0. The maximum atomic E-state index is 9.47. The average Bonchev–Trinajstić information content (AvgIpc) is 1.94. The third-order valence-corrected chi connectivity index (χ3v) is 0.940. The monoisotopic (exact) mass is 238 g/mol. The first-order valence-electron chi connectivity index (χ1n) is 2.55. The molecule has 0 aromatic heterocycles. The highest BCUT2D eigenvalue weighted by Crippen LogP contribution is 1.92. The van der Waals surface area contributed by atoms with Gasteiger partial charge in [-0.2, -0.15) is 2.86 Å². The second-order valence-electron chi connectivity index (χ2n) is 1.65. The smallest absolute Gasteiger partial charge is 0.171 e. The molecule has 0 aliphatic carbocycles. The molecular weight excluding hydrogens is 230 g/mol. The fraction of sp³-hybridized carbons (Fsp3) is 0.143. The first kappa shape index (κ1) is 8.88. The van der Waals surface area contributed by atoms with Crippen LogP contribution in [-0.2, 0) is 0 Å². The summed E-state index contributed by atoms with van der Waals surface area (Å²) < 4.78 is 9.47. The average molecular weight is 238 g/mol. The first-order valence-corrected chi connectivity index (χ1v) is 3.37. The van der Waals surface area contributed by atoms with Gasteiger partial charge in [-0.15, -0.1) is 0 Å². The van der Waals surface area contributed by atoms with Crippen molar-refractivity contribution in [3.8, 4) is 0 Å². The van der Waals surface area contributed by atoms with Gasteiger partial charge >= 0.3 is 0 Å². The van der Waals surface area contributed by atoms with Gasteiger partial charge in [0.15, 0.2) is 23.2 Å². The van der Waals surface area contributed by atoms with Crippen LogP contribution < -0.4 is 0 Å². The molecule has 0 saturated heterocycles. The molecule has 50 valence electrons. The maximum absolute atomic E-state index is 9.47. The fourth-order valence-electron chi connectivity index (χ4n) is 0.534. The molecule has 1 aromatic carbocycles. The molecule has 0 saturated carbocycles. The van der Waals surface area contributed by atoms with Gasteiger partial charge in [0.25, 0.3) is 0 Å². The van der Waals surface area contributed by atoms with Crippen LogP contribution in [0.5, 0.6) is 0 Å². The second kappa shape index (κ2) is 6.01. The summed E-state index contributed by atoms with van der Waals surface area (Å²) in [6.45, 7) is 2.08. The number of aryl methyl sites for hydroxylation is 1. The van der Waals surface area contributed by atoms with Gasteiger partial charge < -0.3 is 0 Å². The van der Waals surface area contributed by atoms with Crippen molar-refractivity contribution in [3.05, 3.63) is 35.9 Å². The number of rotatable bonds is 0. The van der Waals surface area contributed by atoms with Crippen LogP contribution in [-0.4, -0.2) is 0 Å². The van der Waals surface area contributed by atoms with E-state index in [0.717, 1.165) is 0 Å². The molecule has 0 atom stereocenters. The lowest BCUT2D eigenvalue weighted by molar-refractivity contribution is 1.03. The standard InChI is InChI=1S/C7H8.FI/c1-7-5-3-2-4-6-7;1-2/h2-6H,1H3;. The van der Waals surface area contributed by atoms with E-state index in [9.17, 15) is 2.86 Å². The minimum atomic E-state index is 0.650. The van der Waals surface area contributed by atoms with Crippen LogP contribution in [0.2, 0.25) is 0 Å². The van der Waals surface area contributed by atoms with Crippen molar-refractivity contribution in [3.63, 3.8) is 0 Å². The van der Waals surface area contributed by atoms with Crippen molar-refractivity contribution in [2.45, 2.75) is 6.92 Å². The molecule has 0 N–H and O–H groups in total. The highest BCUT2D eigenvalue weighted by atomic mass is 127. The Kier molecular flexibility index (Phi) is 5.93. The summed E-state index contributed by atoms with van der Waals surface area (Å²) >= 11 is 0.650. The molecule has 0 aliphatic heterocycles. The molecule has 9 heavy (non-hydrogen) atoms. The third kappa shape index (κ3) is 4.39. The lowest BCUT2D eigenvalue weighted by Gasteiger charge is -1.82. The zero-order valence-electron chi connectivity index (χ0n) is 5.14. The molecular formula is C7H8FI. The summed E-state index contributed by atoms with van der Waals surface area (Å²) in [5.74, 6) is 0. The van der Waals surface area contributed by atoms with Gasteiger partial charge in [0.2, 0.25) is 0 Å². The molecule has 1 rings (SSSR count). The number of hydrogen-bond acceptors (Lipinski definition) is 0. The van der Waals surface area contributed by atoms with Crippen LogP contribution in [0.15, 0.2) is 30.3 Å². The molecule has 0 amide bonds. The SMILES string of the molecule is Cc1ccccc1.FI.